The lowest BCUT2D eigenvalue weighted by Gasteiger charge is -2.33. The molecule has 1 fully saturated rings. The highest BCUT2D eigenvalue weighted by atomic mass is 32.2. The third kappa shape index (κ3) is 4.66. The number of nitrogens with zero attached hydrogens (tertiary/aromatic N) is 2. The Morgan fingerprint density at radius 1 is 1.19 bits per heavy atom. The summed E-state index contributed by atoms with van der Waals surface area (Å²) in [6, 6.07) is 12.5. The topological polar surface area (TPSA) is 57.7 Å². The second kappa shape index (κ2) is 8.82. The molecule has 5 nitrogen and oxygen atoms in total. The lowest BCUT2D eigenvalue weighted by atomic mass is 9.96. The predicted molar refractivity (Wildman–Crippen MR) is 108 cm³/mol. The SMILES string of the molecule is C=CCN(Cc1cccs1)C(=O)C1CCN(S(=O)(=O)c2ccccc2)CC1. The van der Waals surface area contributed by atoms with Crippen LogP contribution in [0.2, 0.25) is 0 Å². The maximum absolute atomic E-state index is 13.0. The molecule has 3 rings (SSSR count). The largest absolute Gasteiger partial charge is 0.334 e. The summed E-state index contributed by atoms with van der Waals surface area (Å²) in [5.41, 5.74) is 0. The molecule has 0 radical (unpaired) electrons. The van der Waals surface area contributed by atoms with Crippen molar-refractivity contribution in [1.82, 2.24) is 9.21 Å². The minimum atomic E-state index is -3.49. The number of carbonyl (C=O) groups excluding carboxylic acids is 1. The molecular formula is C20H24N2O3S2. The van der Waals surface area contributed by atoms with Gasteiger partial charge in [0.15, 0.2) is 0 Å². The van der Waals surface area contributed by atoms with Crippen molar-refractivity contribution in [3.63, 3.8) is 0 Å². The van der Waals surface area contributed by atoms with Crippen LogP contribution in [-0.2, 0) is 21.4 Å². The molecule has 0 atom stereocenters. The zero-order valence-electron chi connectivity index (χ0n) is 15.2. The molecule has 0 unspecified atom stereocenters. The Balaban J connectivity index is 1.63. The van der Waals surface area contributed by atoms with E-state index in [-0.39, 0.29) is 11.8 Å². The highest BCUT2D eigenvalue weighted by molar-refractivity contribution is 7.89. The first kappa shape index (κ1) is 19.8. The molecule has 1 aliphatic rings. The molecule has 2 heterocycles. The molecule has 1 amide bonds. The van der Waals surface area contributed by atoms with E-state index in [1.807, 2.05) is 22.4 Å². The van der Waals surface area contributed by atoms with Crippen molar-refractivity contribution in [3.8, 4) is 0 Å². The summed E-state index contributed by atoms with van der Waals surface area (Å²) in [6.45, 7) is 5.57. The van der Waals surface area contributed by atoms with Crippen LogP contribution >= 0.6 is 11.3 Å². The number of piperidine rings is 1. The zero-order valence-corrected chi connectivity index (χ0v) is 16.8. The lowest BCUT2D eigenvalue weighted by Crippen LogP contribution is -2.44. The van der Waals surface area contributed by atoms with Gasteiger partial charge in [-0.05, 0) is 36.4 Å². The summed E-state index contributed by atoms with van der Waals surface area (Å²) in [6.07, 6.45) is 2.83. The Kier molecular flexibility index (Phi) is 6.46. The maximum atomic E-state index is 13.0. The Bertz CT molecular complexity index is 856. The molecular weight excluding hydrogens is 380 g/mol. The minimum Gasteiger partial charge on any atom is -0.334 e. The zero-order chi connectivity index (χ0) is 19.3. The molecule has 1 aliphatic heterocycles. The van der Waals surface area contributed by atoms with Crippen LogP contribution in [0.15, 0.2) is 65.4 Å². The summed E-state index contributed by atoms with van der Waals surface area (Å²) in [5.74, 6) is -0.0628. The molecule has 0 aliphatic carbocycles. The monoisotopic (exact) mass is 404 g/mol. The number of sulfonamides is 1. The molecule has 7 heteroatoms. The average molecular weight is 405 g/mol. The Morgan fingerprint density at radius 3 is 2.48 bits per heavy atom. The van der Waals surface area contributed by atoms with Gasteiger partial charge in [-0.25, -0.2) is 8.42 Å². The van der Waals surface area contributed by atoms with Gasteiger partial charge < -0.3 is 4.90 Å². The van der Waals surface area contributed by atoms with Crippen molar-refractivity contribution in [2.75, 3.05) is 19.6 Å². The van der Waals surface area contributed by atoms with Crippen LogP contribution in [0.3, 0.4) is 0 Å². The van der Waals surface area contributed by atoms with Crippen molar-refractivity contribution < 1.29 is 13.2 Å². The van der Waals surface area contributed by atoms with Gasteiger partial charge in [0.25, 0.3) is 0 Å². The van der Waals surface area contributed by atoms with Gasteiger partial charge in [-0.15, -0.1) is 17.9 Å². The van der Waals surface area contributed by atoms with E-state index in [4.69, 9.17) is 0 Å². The van der Waals surface area contributed by atoms with Crippen LogP contribution in [0.1, 0.15) is 17.7 Å². The standard InChI is InChI=1S/C20H24N2O3S2/c1-2-12-21(16-18-7-6-15-26-18)20(23)17-10-13-22(14-11-17)27(24,25)19-8-4-3-5-9-19/h2-9,15,17H,1,10-14,16H2. The number of thiophene rings is 1. The first-order valence-corrected chi connectivity index (χ1v) is 11.3. The summed E-state index contributed by atoms with van der Waals surface area (Å²) in [7, 11) is -3.49. The number of hydrogen-bond acceptors (Lipinski definition) is 4. The van der Waals surface area contributed by atoms with E-state index >= 15 is 0 Å². The maximum Gasteiger partial charge on any atom is 0.243 e. The molecule has 27 heavy (non-hydrogen) atoms. The van der Waals surface area contributed by atoms with Crippen LogP contribution in [0.25, 0.3) is 0 Å². The van der Waals surface area contributed by atoms with E-state index < -0.39 is 10.0 Å². The Hall–Kier alpha value is -1.96. The van der Waals surface area contributed by atoms with Gasteiger partial charge >= 0.3 is 0 Å². The summed E-state index contributed by atoms with van der Waals surface area (Å²) < 4.78 is 27.0. The molecule has 1 saturated heterocycles. The fourth-order valence-electron chi connectivity index (χ4n) is 3.32. The van der Waals surface area contributed by atoms with E-state index in [1.165, 1.54) is 4.31 Å². The quantitative estimate of drug-likeness (QED) is 0.665. The second-order valence-corrected chi connectivity index (χ2v) is 9.55. The van der Waals surface area contributed by atoms with Crippen molar-refractivity contribution in [2.45, 2.75) is 24.3 Å². The van der Waals surface area contributed by atoms with Crippen molar-refractivity contribution in [1.29, 1.82) is 0 Å². The minimum absolute atomic E-state index is 0.0834. The summed E-state index contributed by atoms with van der Waals surface area (Å²) >= 11 is 1.63. The van der Waals surface area contributed by atoms with Crippen LogP contribution in [0.5, 0.6) is 0 Å². The summed E-state index contributed by atoms with van der Waals surface area (Å²) in [5, 5.41) is 2.00. The van der Waals surface area contributed by atoms with Gasteiger partial charge in [0.2, 0.25) is 15.9 Å². The fraction of sp³-hybridized carbons (Fsp3) is 0.350. The van der Waals surface area contributed by atoms with Gasteiger partial charge in [0.05, 0.1) is 11.4 Å². The van der Waals surface area contributed by atoms with Gasteiger partial charge in [-0.2, -0.15) is 4.31 Å². The van der Waals surface area contributed by atoms with Crippen molar-refractivity contribution >= 4 is 27.3 Å². The molecule has 1 aromatic carbocycles. The lowest BCUT2D eigenvalue weighted by molar-refractivity contribution is -0.136. The summed E-state index contributed by atoms with van der Waals surface area (Å²) in [4.78, 5) is 16.2. The van der Waals surface area contributed by atoms with Gasteiger partial charge in [0, 0.05) is 30.4 Å². The second-order valence-electron chi connectivity index (χ2n) is 6.58. The average Bonchev–Trinajstić information content (AvgIpc) is 3.21. The smallest absolute Gasteiger partial charge is 0.243 e. The van der Waals surface area contributed by atoms with Crippen LogP contribution in [0, 0.1) is 5.92 Å². The Morgan fingerprint density at radius 2 is 1.89 bits per heavy atom. The van der Waals surface area contributed by atoms with Gasteiger partial charge in [-0.1, -0.05) is 30.3 Å². The van der Waals surface area contributed by atoms with Gasteiger partial charge in [0.1, 0.15) is 0 Å². The number of carbonyl (C=O) groups is 1. The number of hydrogen-bond donors (Lipinski definition) is 0. The number of amides is 1. The predicted octanol–water partition coefficient (Wildman–Crippen LogP) is 3.36. The van der Waals surface area contributed by atoms with E-state index in [1.54, 1.807) is 47.7 Å². The first-order chi connectivity index (χ1) is 13.0. The third-order valence-electron chi connectivity index (χ3n) is 4.77. The van der Waals surface area contributed by atoms with E-state index in [0.29, 0.717) is 43.9 Å². The van der Waals surface area contributed by atoms with Gasteiger partial charge in [-0.3, -0.25) is 4.79 Å². The molecule has 0 bridgehead atoms. The van der Waals surface area contributed by atoms with E-state index in [0.717, 1.165) is 4.88 Å². The molecule has 144 valence electrons. The van der Waals surface area contributed by atoms with Crippen LogP contribution in [-0.4, -0.2) is 43.2 Å². The van der Waals surface area contributed by atoms with E-state index in [9.17, 15) is 13.2 Å². The van der Waals surface area contributed by atoms with Crippen molar-refractivity contribution in [3.05, 3.63) is 65.4 Å². The first-order valence-electron chi connectivity index (χ1n) is 8.99. The molecule has 2 aromatic rings. The number of rotatable bonds is 7. The highest BCUT2D eigenvalue weighted by Gasteiger charge is 2.33. The van der Waals surface area contributed by atoms with Crippen molar-refractivity contribution in [2.24, 2.45) is 5.92 Å². The Labute approximate surface area is 165 Å². The molecule has 0 N–H and O–H groups in total. The van der Waals surface area contributed by atoms with E-state index in [2.05, 4.69) is 6.58 Å². The molecule has 1 aromatic heterocycles. The normalized spacial score (nSPS) is 16.1. The third-order valence-corrected chi connectivity index (χ3v) is 7.55. The molecule has 0 saturated carbocycles. The molecule has 0 spiro atoms. The van der Waals surface area contributed by atoms with Crippen LogP contribution in [0.4, 0.5) is 0 Å². The van der Waals surface area contributed by atoms with Crippen LogP contribution < -0.4 is 0 Å². The fourth-order valence-corrected chi connectivity index (χ4v) is 5.53. The highest BCUT2D eigenvalue weighted by Crippen LogP contribution is 2.26. The number of benzene rings is 1.